The number of esters is 1. The van der Waals surface area contributed by atoms with E-state index in [0.29, 0.717) is 41.4 Å². The smallest absolute Gasteiger partial charge is 0.338 e. The number of carbonyl (C=O) groups is 2. The van der Waals surface area contributed by atoms with Gasteiger partial charge in [-0.05, 0) is 43.7 Å². The van der Waals surface area contributed by atoms with E-state index in [0.717, 1.165) is 0 Å². The Hall–Kier alpha value is -3.61. The predicted molar refractivity (Wildman–Crippen MR) is 148 cm³/mol. The standard InChI is InChI=1S/C28H36N4O7S/c1-6-39-27(33)25-22(30(3)28(34)29-26(25)20-12-13-23(37-4)24(16-20)38-5)18-31-14-15-32(19(2)17-31)40(35,36)21-10-8-7-9-11-21/h7-13,16,19,26H,6,14-15,17-18H2,1-5H3,(H,29,34). The maximum absolute atomic E-state index is 13.3. The SMILES string of the molecule is CCOC(=O)C1=C(CN2CCN(S(=O)(=O)c3ccccc3)C(C)C2)N(C)C(=O)NC1c1ccc(OC)c(OC)c1. The Balaban J connectivity index is 1.66. The summed E-state index contributed by atoms with van der Waals surface area (Å²) in [7, 11) is 0.999. The summed E-state index contributed by atoms with van der Waals surface area (Å²) in [4.78, 5) is 30.2. The zero-order valence-electron chi connectivity index (χ0n) is 23.4. The molecule has 0 saturated carbocycles. The van der Waals surface area contributed by atoms with E-state index < -0.39 is 22.0 Å². The number of nitrogens with zero attached hydrogens (tertiary/aromatic N) is 3. The van der Waals surface area contributed by atoms with Crippen molar-refractivity contribution in [1.29, 1.82) is 0 Å². The minimum Gasteiger partial charge on any atom is -0.493 e. The zero-order chi connectivity index (χ0) is 29.0. The van der Waals surface area contributed by atoms with Gasteiger partial charge in [-0.3, -0.25) is 9.80 Å². The summed E-state index contributed by atoms with van der Waals surface area (Å²) in [6.07, 6.45) is 0. The number of hydrogen-bond acceptors (Lipinski definition) is 8. The number of hydrogen-bond donors (Lipinski definition) is 1. The van der Waals surface area contributed by atoms with Crippen molar-refractivity contribution in [2.75, 3.05) is 54.1 Å². The van der Waals surface area contributed by atoms with E-state index >= 15 is 0 Å². The fraction of sp³-hybridized carbons (Fsp3) is 0.429. The van der Waals surface area contributed by atoms with Crippen LogP contribution in [0.1, 0.15) is 25.5 Å². The van der Waals surface area contributed by atoms with Crippen molar-refractivity contribution >= 4 is 22.0 Å². The van der Waals surface area contributed by atoms with Crippen LogP contribution in [0.4, 0.5) is 4.79 Å². The van der Waals surface area contributed by atoms with Crippen LogP contribution in [0.3, 0.4) is 0 Å². The van der Waals surface area contributed by atoms with Crippen molar-refractivity contribution in [2.24, 2.45) is 0 Å². The topological polar surface area (TPSA) is 118 Å². The predicted octanol–water partition coefficient (Wildman–Crippen LogP) is 2.61. The second-order valence-electron chi connectivity index (χ2n) is 9.65. The van der Waals surface area contributed by atoms with E-state index in [-0.39, 0.29) is 36.7 Å². The molecular formula is C28H36N4O7S. The van der Waals surface area contributed by atoms with Gasteiger partial charge in [-0.15, -0.1) is 0 Å². The molecule has 2 aromatic rings. The number of amides is 2. The summed E-state index contributed by atoms with van der Waals surface area (Å²) < 4.78 is 44.2. The van der Waals surface area contributed by atoms with Gasteiger partial charge in [-0.25, -0.2) is 18.0 Å². The molecule has 2 atom stereocenters. The van der Waals surface area contributed by atoms with E-state index in [1.807, 2.05) is 6.92 Å². The van der Waals surface area contributed by atoms with Crippen LogP contribution in [0, 0.1) is 0 Å². The molecule has 12 heteroatoms. The molecule has 40 heavy (non-hydrogen) atoms. The maximum Gasteiger partial charge on any atom is 0.338 e. The lowest BCUT2D eigenvalue weighted by molar-refractivity contribution is -0.139. The molecule has 2 unspecified atom stereocenters. The first-order valence-corrected chi connectivity index (χ1v) is 14.5. The lowest BCUT2D eigenvalue weighted by Gasteiger charge is -2.41. The highest BCUT2D eigenvalue weighted by atomic mass is 32.2. The number of nitrogens with one attached hydrogen (secondary N) is 1. The molecular weight excluding hydrogens is 536 g/mol. The Labute approximate surface area is 235 Å². The molecule has 2 aromatic carbocycles. The van der Waals surface area contributed by atoms with Crippen molar-refractivity contribution in [3.8, 4) is 11.5 Å². The van der Waals surface area contributed by atoms with Gasteiger partial charge in [0.25, 0.3) is 0 Å². The summed E-state index contributed by atoms with van der Waals surface area (Å²) in [6.45, 7) is 5.12. The summed E-state index contributed by atoms with van der Waals surface area (Å²) in [5.41, 5.74) is 1.43. The van der Waals surface area contributed by atoms with Gasteiger partial charge in [0.15, 0.2) is 11.5 Å². The van der Waals surface area contributed by atoms with Crippen molar-refractivity contribution in [1.82, 2.24) is 19.4 Å². The number of sulfonamides is 1. The van der Waals surface area contributed by atoms with Gasteiger partial charge in [-0.1, -0.05) is 24.3 Å². The first-order valence-electron chi connectivity index (χ1n) is 13.1. The summed E-state index contributed by atoms with van der Waals surface area (Å²) >= 11 is 0. The number of piperazine rings is 1. The molecule has 1 fully saturated rings. The van der Waals surface area contributed by atoms with E-state index in [1.54, 1.807) is 62.5 Å². The molecule has 0 aromatic heterocycles. The van der Waals surface area contributed by atoms with Crippen LogP contribution >= 0.6 is 0 Å². The number of likely N-dealkylation sites (N-methyl/N-ethyl adjacent to an activating group) is 1. The number of urea groups is 1. The summed E-state index contributed by atoms with van der Waals surface area (Å²) in [5, 5.41) is 2.91. The van der Waals surface area contributed by atoms with Crippen LogP contribution in [0.5, 0.6) is 11.5 Å². The minimum absolute atomic E-state index is 0.166. The van der Waals surface area contributed by atoms with Crippen molar-refractivity contribution in [2.45, 2.75) is 30.8 Å². The van der Waals surface area contributed by atoms with Crippen LogP contribution in [0.25, 0.3) is 0 Å². The second-order valence-corrected chi connectivity index (χ2v) is 11.5. The normalized spacial score (nSPS) is 20.7. The number of carbonyl (C=O) groups excluding carboxylic acids is 2. The fourth-order valence-corrected chi connectivity index (χ4v) is 6.77. The Kier molecular flexibility index (Phi) is 9.02. The molecule has 11 nitrogen and oxygen atoms in total. The molecule has 0 radical (unpaired) electrons. The summed E-state index contributed by atoms with van der Waals surface area (Å²) in [6, 6.07) is 12.1. The molecule has 2 aliphatic heterocycles. The Morgan fingerprint density at radius 1 is 1.05 bits per heavy atom. The highest BCUT2D eigenvalue weighted by Crippen LogP contribution is 2.36. The summed E-state index contributed by atoms with van der Waals surface area (Å²) in [5.74, 6) is 0.440. The monoisotopic (exact) mass is 572 g/mol. The number of ether oxygens (including phenoxy) is 3. The average Bonchev–Trinajstić information content (AvgIpc) is 2.95. The lowest BCUT2D eigenvalue weighted by atomic mass is 9.94. The third-order valence-electron chi connectivity index (χ3n) is 7.19. The van der Waals surface area contributed by atoms with E-state index in [4.69, 9.17) is 14.2 Å². The Morgan fingerprint density at radius 3 is 2.38 bits per heavy atom. The van der Waals surface area contributed by atoms with Gasteiger partial charge in [0.2, 0.25) is 10.0 Å². The molecule has 1 saturated heterocycles. The zero-order valence-corrected chi connectivity index (χ0v) is 24.2. The van der Waals surface area contributed by atoms with Crippen molar-refractivity contribution < 1.29 is 32.2 Å². The first kappa shape index (κ1) is 29.4. The molecule has 4 rings (SSSR count). The van der Waals surface area contributed by atoms with Crippen LogP contribution in [-0.2, 0) is 19.6 Å². The molecule has 2 aliphatic rings. The van der Waals surface area contributed by atoms with E-state index in [9.17, 15) is 18.0 Å². The van der Waals surface area contributed by atoms with E-state index in [1.165, 1.54) is 23.4 Å². The van der Waals surface area contributed by atoms with Crippen LogP contribution in [0.2, 0.25) is 0 Å². The van der Waals surface area contributed by atoms with E-state index in [2.05, 4.69) is 10.2 Å². The van der Waals surface area contributed by atoms with Gasteiger partial charge in [0, 0.05) is 45.0 Å². The minimum atomic E-state index is -3.65. The highest BCUT2D eigenvalue weighted by Gasteiger charge is 2.39. The third kappa shape index (κ3) is 5.79. The van der Waals surface area contributed by atoms with Gasteiger partial charge < -0.3 is 19.5 Å². The van der Waals surface area contributed by atoms with Gasteiger partial charge >= 0.3 is 12.0 Å². The van der Waals surface area contributed by atoms with Crippen LogP contribution in [0.15, 0.2) is 64.7 Å². The Bertz CT molecular complexity index is 1380. The number of rotatable bonds is 9. The van der Waals surface area contributed by atoms with Crippen LogP contribution < -0.4 is 14.8 Å². The number of methoxy groups -OCH3 is 2. The average molecular weight is 573 g/mol. The molecule has 216 valence electrons. The Morgan fingerprint density at radius 2 is 1.75 bits per heavy atom. The largest absolute Gasteiger partial charge is 0.493 e. The molecule has 2 heterocycles. The van der Waals surface area contributed by atoms with Gasteiger partial charge in [0.1, 0.15) is 0 Å². The van der Waals surface area contributed by atoms with Gasteiger partial charge in [0.05, 0.1) is 37.3 Å². The fourth-order valence-electron chi connectivity index (χ4n) is 5.14. The molecule has 0 bridgehead atoms. The molecule has 1 N–H and O–H groups in total. The quantitative estimate of drug-likeness (QED) is 0.456. The molecule has 0 spiro atoms. The lowest BCUT2D eigenvalue weighted by Crippen LogP contribution is -2.56. The maximum atomic E-state index is 13.3. The van der Waals surface area contributed by atoms with Crippen molar-refractivity contribution in [3.63, 3.8) is 0 Å². The third-order valence-corrected chi connectivity index (χ3v) is 9.21. The highest BCUT2D eigenvalue weighted by molar-refractivity contribution is 7.89. The molecule has 2 amide bonds. The van der Waals surface area contributed by atoms with Gasteiger partial charge in [-0.2, -0.15) is 4.31 Å². The number of benzene rings is 2. The van der Waals surface area contributed by atoms with Crippen LogP contribution in [-0.4, -0.2) is 94.6 Å². The van der Waals surface area contributed by atoms with Crippen molar-refractivity contribution in [3.05, 3.63) is 65.4 Å². The second kappa shape index (κ2) is 12.3. The first-order chi connectivity index (χ1) is 19.1. The molecule has 0 aliphatic carbocycles.